The summed E-state index contributed by atoms with van der Waals surface area (Å²) in [4.78, 5) is -0.120. The van der Waals surface area contributed by atoms with Crippen LogP contribution in [-0.2, 0) is 16.2 Å². The minimum absolute atomic E-state index is 0.120. The molecule has 0 atom stereocenters. The van der Waals surface area contributed by atoms with Gasteiger partial charge in [0.05, 0.1) is 10.6 Å². The third-order valence-electron chi connectivity index (χ3n) is 3.39. The average molecular weight is 385 g/mol. The van der Waals surface area contributed by atoms with E-state index in [0.29, 0.717) is 5.69 Å². The van der Waals surface area contributed by atoms with E-state index in [1.54, 1.807) is 0 Å². The summed E-state index contributed by atoms with van der Waals surface area (Å²) in [5, 5.41) is 3.43. The molecule has 0 aliphatic heterocycles. The lowest BCUT2D eigenvalue weighted by atomic mass is 10.3. The molecule has 1 aromatic heterocycles. The van der Waals surface area contributed by atoms with Crippen LogP contribution >= 0.6 is 0 Å². The Labute approximate surface area is 145 Å². The highest BCUT2D eigenvalue weighted by atomic mass is 32.2. The summed E-state index contributed by atoms with van der Waals surface area (Å²) >= 11 is 0. The Morgan fingerprint density at radius 3 is 2.08 bits per heavy atom. The molecular formula is C16H11F4N3O2S. The Kier molecular flexibility index (Phi) is 4.45. The van der Waals surface area contributed by atoms with Crippen LogP contribution in [0.1, 0.15) is 5.69 Å². The Morgan fingerprint density at radius 1 is 0.923 bits per heavy atom. The number of nitrogens with zero attached hydrogens (tertiary/aromatic N) is 2. The molecule has 1 N–H and O–H groups in total. The van der Waals surface area contributed by atoms with Crippen LogP contribution in [-0.4, -0.2) is 18.2 Å². The fourth-order valence-corrected chi connectivity index (χ4v) is 3.19. The first kappa shape index (κ1) is 17.9. The summed E-state index contributed by atoms with van der Waals surface area (Å²) in [6.07, 6.45) is -3.39. The molecule has 0 bridgehead atoms. The van der Waals surface area contributed by atoms with Crippen molar-refractivity contribution < 1.29 is 26.0 Å². The molecule has 5 nitrogen and oxygen atoms in total. The smallest absolute Gasteiger partial charge is 0.280 e. The largest absolute Gasteiger partial charge is 0.435 e. The van der Waals surface area contributed by atoms with Crippen molar-refractivity contribution in [3.8, 4) is 5.69 Å². The second-order valence-corrected chi connectivity index (χ2v) is 6.93. The minimum atomic E-state index is -4.55. The van der Waals surface area contributed by atoms with Gasteiger partial charge in [-0.1, -0.05) is 0 Å². The molecule has 2 aromatic carbocycles. The highest BCUT2D eigenvalue weighted by Gasteiger charge is 2.33. The predicted molar refractivity (Wildman–Crippen MR) is 85.8 cm³/mol. The van der Waals surface area contributed by atoms with Gasteiger partial charge in [0, 0.05) is 11.9 Å². The van der Waals surface area contributed by atoms with Gasteiger partial charge in [-0.15, -0.1) is 0 Å². The topological polar surface area (TPSA) is 64.0 Å². The molecule has 136 valence electrons. The van der Waals surface area contributed by atoms with E-state index in [1.165, 1.54) is 24.3 Å². The summed E-state index contributed by atoms with van der Waals surface area (Å²) in [7, 11) is -3.91. The van der Waals surface area contributed by atoms with E-state index in [9.17, 15) is 26.0 Å². The maximum atomic E-state index is 12.9. The van der Waals surface area contributed by atoms with Gasteiger partial charge in [0.2, 0.25) is 0 Å². The van der Waals surface area contributed by atoms with E-state index in [4.69, 9.17) is 0 Å². The van der Waals surface area contributed by atoms with Gasteiger partial charge < -0.3 is 0 Å². The number of halogens is 4. The maximum Gasteiger partial charge on any atom is 0.435 e. The zero-order valence-electron chi connectivity index (χ0n) is 12.9. The first-order valence-corrected chi connectivity index (χ1v) is 8.65. The molecule has 0 aliphatic carbocycles. The van der Waals surface area contributed by atoms with Gasteiger partial charge in [-0.3, -0.25) is 4.72 Å². The Bertz CT molecular complexity index is 1010. The van der Waals surface area contributed by atoms with Gasteiger partial charge in [-0.2, -0.15) is 18.3 Å². The lowest BCUT2D eigenvalue weighted by Crippen LogP contribution is -2.13. The summed E-state index contributed by atoms with van der Waals surface area (Å²) in [5.74, 6) is -0.564. The number of anilines is 1. The van der Waals surface area contributed by atoms with Gasteiger partial charge in [0.1, 0.15) is 5.82 Å². The number of rotatable bonds is 4. The maximum absolute atomic E-state index is 12.9. The highest BCUT2D eigenvalue weighted by molar-refractivity contribution is 7.92. The standard InChI is InChI=1S/C16H11F4N3O2S/c17-11-1-7-14(8-2-11)26(24,25)22-12-3-5-13(6-4-12)23-10-9-15(21-23)16(18,19)20/h1-10,22H. The molecule has 3 rings (SSSR count). The quantitative estimate of drug-likeness (QED) is 0.695. The van der Waals surface area contributed by atoms with Crippen molar-refractivity contribution in [3.05, 3.63) is 72.3 Å². The summed E-state index contributed by atoms with van der Waals surface area (Å²) in [6.45, 7) is 0. The summed E-state index contributed by atoms with van der Waals surface area (Å²) < 4.78 is 78.4. The number of hydrogen-bond donors (Lipinski definition) is 1. The zero-order valence-corrected chi connectivity index (χ0v) is 13.7. The lowest BCUT2D eigenvalue weighted by Gasteiger charge is -2.09. The summed E-state index contributed by atoms with van der Waals surface area (Å²) in [5.41, 5.74) is -0.509. The van der Waals surface area contributed by atoms with Crippen molar-refractivity contribution in [1.82, 2.24) is 9.78 Å². The van der Waals surface area contributed by atoms with Crippen molar-refractivity contribution in [2.75, 3.05) is 4.72 Å². The van der Waals surface area contributed by atoms with Gasteiger partial charge in [-0.25, -0.2) is 17.5 Å². The number of hydrogen-bond acceptors (Lipinski definition) is 3. The molecule has 0 aliphatic rings. The van der Waals surface area contributed by atoms with Gasteiger partial charge in [0.25, 0.3) is 10.0 Å². The van der Waals surface area contributed by atoms with Crippen molar-refractivity contribution >= 4 is 15.7 Å². The van der Waals surface area contributed by atoms with Gasteiger partial charge in [0.15, 0.2) is 5.69 Å². The number of benzene rings is 2. The van der Waals surface area contributed by atoms with Crippen molar-refractivity contribution in [2.45, 2.75) is 11.1 Å². The van der Waals surface area contributed by atoms with E-state index < -0.39 is 27.7 Å². The second kappa shape index (κ2) is 6.45. The third-order valence-corrected chi connectivity index (χ3v) is 4.78. The number of alkyl halides is 3. The Morgan fingerprint density at radius 2 is 1.54 bits per heavy atom. The molecule has 10 heteroatoms. The van der Waals surface area contributed by atoms with Crippen LogP contribution in [0.5, 0.6) is 0 Å². The molecule has 1 heterocycles. The van der Waals surface area contributed by atoms with E-state index >= 15 is 0 Å². The van der Waals surface area contributed by atoms with E-state index in [1.807, 2.05) is 0 Å². The molecule has 0 saturated heterocycles. The first-order valence-electron chi connectivity index (χ1n) is 7.17. The number of sulfonamides is 1. The van der Waals surface area contributed by atoms with Crippen LogP contribution in [0.25, 0.3) is 5.69 Å². The van der Waals surface area contributed by atoms with Crippen molar-refractivity contribution in [3.63, 3.8) is 0 Å². The molecule has 0 amide bonds. The fourth-order valence-electron chi connectivity index (χ4n) is 2.13. The summed E-state index contributed by atoms with van der Waals surface area (Å²) in [6, 6.07) is 10.7. The van der Waals surface area contributed by atoms with Crippen LogP contribution in [0.15, 0.2) is 65.7 Å². The normalized spacial score (nSPS) is 12.2. The molecule has 26 heavy (non-hydrogen) atoms. The highest BCUT2D eigenvalue weighted by Crippen LogP contribution is 2.28. The molecule has 0 saturated carbocycles. The predicted octanol–water partition coefficient (Wildman–Crippen LogP) is 3.83. The van der Waals surface area contributed by atoms with Crippen LogP contribution in [0, 0.1) is 5.82 Å². The SMILES string of the molecule is O=S(=O)(Nc1ccc(-n2ccc(C(F)(F)F)n2)cc1)c1ccc(F)cc1. The Balaban J connectivity index is 1.79. The molecule has 0 spiro atoms. The molecule has 3 aromatic rings. The second-order valence-electron chi connectivity index (χ2n) is 5.25. The van der Waals surface area contributed by atoms with Gasteiger partial charge >= 0.3 is 6.18 Å². The minimum Gasteiger partial charge on any atom is -0.280 e. The average Bonchev–Trinajstić information content (AvgIpc) is 3.06. The zero-order chi connectivity index (χ0) is 18.9. The lowest BCUT2D eigenvalue weighted by molar-refractivity contribution is -0.141. The molecule has 0 radical (unpaired) electrons. The number of nitrogens with one attached hydrogen (secondary N) is 1. The fraction of sp³-hybridized carbons (Fsp3) is 0.0625. The van der Waals surface area contributed by atoms with Crippen LogP contribution in [0.2, 0.25) is 0 Å². The van der Waals surface area contributed by atoms with E-state index in [-0.39, 0.29) is 10.6 Å². The van der Waals surface area contributed by atoms with E-state index in [0.717, 1.165) is 41.2 Å². The van der Waals surface area contributed by atoms with Crippen molar-refractivity contribution in [1.29, 1.82) is 0 Å². The van der Waals surface area contributed by atoms with Crippen molar-refractivity contribution in [2.24, 2.45) is 0 Å². The third kappa shape index (κ3) is 3.85. The number of aromatic nitrogens is 2. The van der Waals surface area contributed by atoms with Crippen LogP contribution in [0.3, 0.4) is 0 Å². The molecule has 0 fully saturated rings. The van der Waals surface area contributed by atoms with Crippen LogP contribution < -0.4 is 4.72 Å². The van der Waals surface area contributed by atoms with Crippen LogP contribution in [0.4, 0.5) is 23.2 Å². The molecular weight excluding hydrogens is 374 g/mol. The van der Waals surface area contributed by atoms with E-state index in [2.05, 4.69) is 9.82 Å². The Hall–Kier alpha value is -2.88. The molecule has 0 unspecified atom stereocenters. The monoisotopic (exact) mass is 385 g/mol. The van der Waals surface area contributed by atoms with Gasteiger partial charge in [-0.05, 0) is 54.6 Å². The first-order chi connectivity index (χ1) is 12.1.